The van der Waals surface area contributed by atoms with E-state index in [0.717, 1.165) is 4.90 Å². The highest BCUT2D eigenvalue weighted by atomic mass is 79.9. The number of amides is 2. The van der Waals surface area contributed by atoms with Crippen molar-refractivity contribution in [1.82, 2.24) is 4.90 Å². The van der Waals surface area contributed by atoms with Gasteiger partial charge in [-0.15, -0.1) is 0 Å². The number of carbonyl (C=O) groups is 3. The van der Waals surface area contributed by atoms with Gasteiger partial charge in [0.25, 0.3) is 16.8 Å². The maximum absolute atomic E-state index is 12.7. The lowest BCUT2D eigenvalue weighted by Crippen LogP contribution is -2.35. The second kappa shape index (κ2) is 10.6. The van der Waals surface area contributed by atoms with Crippen LogP contribution in [0.3, 0.4) is 0 Å². The van der Waals surface area contributed by atoms with E-state index in [2.05, 4.69) is 15.9 Å². The van der Waals surface area contributed by atoms with Crippen LogP contribution in [0.2, 0.25) is 0 Å². The van der Waals surface area contributed by atoms with Gasteiger partial charge in [-0.3, -0.25) is 29.4 Å². The van der Waals surface area contributed by atoms with Crippen molar-refractivity contribution in [2.24, 2.45) is 0 Å². The van der Waals surface area contributed by atoms with E-state index < -0.39 is 28.6 Å². The molecule has 0 N–H and O–H groups in total. The standard InChI is InChI=1S/C22H19BrN2O7S/c1-13(2)32-20(26)11-24-21(27)19(33-22(24)28)10-15-9-16(23)7-8-18(15)31-12-14-5-3-4-6-17(14)25(29)30/h3-10,13H,11-12H2,1-2H3/b19-10-. The number of nitrogens with zero attached hydrogens (tertiary/aromatic N) is 2. The topological polar surface area (TPSA) is 116 Å². The van der Waals surface area contributed by atoms with Crippen LogP contribution in [-0.2, 0) is 20.9 Å². The molecule has 0 radical (unpaired) electrons. The van der Waals surface area contributed by atoms with E-state index in [4.69, 9.17) is 9.47 Å². The molecule has 0 spiro atoms. The molecule has 0 atom stereocenters. The van der Waals surface area contributed by atoms with E-state index in [0.29, 0.717) is 33.1 Å². The smallest absolute Gasteiger partial charge is 0.326 e. The van der Waals surface area contributed by atoms with Gasteiger partial charge in [-0.1, -0.05) is 28.1 Å². The summed E-state index contributed by atoms with van der Waals surface area (Å²) in [5.74, 6) is -0.929. The third-order valence-electron chi connectivity index (χ3n) is 4.36. The van der Waals surface area contributed by atoms with Crippen molar-refractivity contribution in [3.63, 3.8) is 0 Å². The Hall–Kier alpha value is -3.18. The maximum Gasteiger partial charge on any atom is 0.326 e. The summed E-state index contributed by atoms with van der Waals surface area (Å²) >= 11 is 4.07. The van der Waals surface area contributed by atoms with Crippen LogP contribution in [0.5, 0.6) is 5.75 Å². The molecular weight excluding hydrogens is 516 g/mol. The minimum atomic E-state index is -0.676. The zero-order valence-electron chi connectivity index (χ0n) is 17.6. The van der Waals surface area contributed by atoms with E-state index in [1.54, 1.807) is 50.2 Å². The quantitative estimate of drug-likeness (QED) is 0.202. The van der Waals surface area contributed by atoms with Gasteiger partial charge in [0.15, 0.2) is 0 Å². The van der Waals surface area contributed by atoms with Gasteiger partial charge < -0.3 is 9.47 Å². The number of para-hydroxylation sites is 1. The molecule has 1 saturated heterocycles. The van der Waals surface area contributed by atoms with E-state index in [1.165, 1.54) is 12.1 Å². The van der Waals surface area contributed by atoms with Crippen molar-refractivity contribution in [3.05, 3.63) is 73.1 Å². The van der Waals surface area contributed by atoms with Crippen LogP contribution in [0.25, 0.3) is 6.08 Å². The third kappa shape index (κ3) is 6.20. The van der Waals surface area contributed by atoms with Crippen LogP contribution in [0.15, 0.2) is 51.8 Å². The number of halogens is 1. The lowest BCUT2D eigenvalue weighted by Gasteiger charge is -2.13. The molecule has 2 aromatic carbocycles. The number of hydrogen-bond donors (Lipinski definition) is 0. The number of carbonyl (C=O) groups excluding carboxylic acids is 3. The first-order valence-electron chi connectivity index (χ1n) is 9.75. The Kier molecular flexibility index (Phi) is 7.88. The molecule has 2 aromatic rings. The minimum Gasteiger partial charge on any atom is -0.488 e. The summed E-state index contributed by atoms with van der Waals surface area (Å²) in [4.78, 5) is 48.6. The Bertz CT molecular complexity index is 1150. The number of nitro groups is 1. The number of hydrogen-bond acceptors (Lipinski definition) is 8. The summed E-state index contributed by atoms with van der Waals surface area (Å²) < 4.78 is 11.5. The molecule has 33 heavy (non-hydrogen) atoms. The highest BCUT2D eigenvalue weighted by Gasteiger charge is 2.37. The largest absolute Gasteiger partial charge is 0.488 e. The normalized spacial score (nSPS) is 14.8. The highest BCUT2D eigenvalue weighted by molar-refractivity contribution is 9.10. The Morgan fingerprint density at radius 1 is 1.24 bits per heavy atom. The summed E-state index contributed by atoms with van der Waals surface area (Å²) in [5, 5.41) is 10.7. The Morgan fingerprint density at radius 2 is 1.97 bits per heavy atom. The molecule has 0 aliphatic carbocycles. The number of rotatable bonds is 8. The van der Waals surface area contributed by atoms with Crippen LogP contribution in [0.4, 0.5) is 10.5 Å². The molecular formula is C22H19BrN2O7S. The number of imide groups is 1. The fraction of sp³-hybridized carbons (Fsp3) is 0.227. The second-order valence-corrected chi connectivity index (χ2v) is 9.07. The van der Waals surface area contributed by atoms with Gasteiger partial charge in [0.2, 0.25) is 0 Å². The number of nitro benzene ring substituents is 1. The van der Waals surface area contributed by atoms with Gasteiger partial charge in [-0.2, -0.15) is 0 Å². The summed E-state index contributed by atoms with van der Waals surface area (Å²) in [7, 11) is 0. The van der Waals surface area contributed by atoms with Crippen LogP contribution >= 0.6 is 27.7 Å². The predicted octanol–water partition coefficient (Wildman–Crippen LogP) is 4.92. The molecule has 172 valence electrons. The Balaban J connectivity index is 1.82. The van der Waals surface area contributed by atoms with Crippen LogP contribution < -0.4 is 4.74 Å². The molecule has 11 heteroatoms. The number of ether oxygens (including phenoxy) is 2. The fourth-order valence-electron chi connectivity index (χ4n) is 2.94. The molecule has 0 saturated carbocycles. The predicted molar refractivity (Wildman–Crippen MR) is 125 cm³/mol. The van der Waals surface area contributed by atoms with Crippen LogP contribution in [-0.4, -0.2) is 39.6 Å². The lowest BCUT2D eigenvalue weighted by molar-refractivity contribution is -0.385. The van der Waals surface area contributed by atoms with Gasteiger partial charge in [-0.25, -0.2) is 0 Å². The molecule has 0 bridgehead atoms. The zero-order chi connectivity index (χ0) is 24.1. The van der Waals surface area contributed by atoms with E-state index in [9.17, 15) is 24.5 Å². The van der Waals surface area contributed by atoms with Gasteiger partial charge >= 0.3 is 5.97 Å². The van der Waals surface area contributed by atoms with Crippen molar-refractivity contribution in [2.75, 3.05) is 6.54 Å². The first-order valence-corrected chi connectivity index (χ1v) is 11.4. The lowest BCUT2D eigenvalue weighted by atomic mass is 10.1. The van der Waals surface area contributed by atoms with Crippen molar-refractivity contribution < 1.29 is 28.8 Å². The summed E-state index contributed by atoms with van der Waals surface area (Å²) in [6.45, 7) is 2.80. The molecule has 0 aromatic heterocycles. The second-order valence-electron chi connectivity index (χ2n) is 7.16. The maximum atomic E-state index is 12.7. The van der Waals surface area contributed by atoms with Gasteiger partial charge in [0.05, 0.1) is 21.5 Å². The minimum absolute atomic E-state index is 0.0643. The molecule has 2 amide bonds. The number of benzene rings is 2. The summed E-state index contributed by atoms with van der Waals surface area (Å²) in [6, 6.07) is 11.3. The van der Waals surface area contributed by atoms with E-state index >= 15 is 0 Å². The fourth-order valence-corrected chi connectivity index (χ4v) is 4.14. The van der Waals surface area contributed by atoms with Crippen molar-refractivity contribution in [1.29, 1.82) is 0 Å². The Labute approximate surface area is 202 Å². The molecule has 1 heterocycles. The first kappa shape index (κ1) is 24.5. The molecule has 3 rings (SSSR count). The molecule has 9 nitrogen and oxygen atoms in total. The number of esters is 1. The summed E-state index contributed by atoms with van der Waals surface area (Å²) in [5.41, 5.74) is 0.809. The zero-order valence-corrected chi connectivity index (χ0v) is 20.1. The monoisotopic (exact) mass is 534 g/mol. The van der Waals surface area contributed by atoms with Crippen molar-refractivity contribution in [3.8, 4) is 5.75 Å². The van der Waals surface area contributed by atoms with Crippen LogP contribution in [0, 0.1) is 10.1 Å². The first-order chi connectivity index (χ1) is 15.7. The number of thioether (sulfide) groups is 1. The molecule has 1 fully saturated rings. The third-order valence-corrected chi connectivity index (χ3v) is 5.76. The SMILES string of the molecule is CC(C)OC(=O)CN1C(=O)S/C(=C\c2cc(Br)ccc2OCc2ccccc2[N+](=O)[O-])C1=O. The molecule has 1 aliphatic heterocycles. The van der Waals surface area contributed by atoms with Gasteiger partial charge in [-0.05, 0) is 56.0 Å². The van der Waals surface area contributed by atoms with E-state index in [1.807, 2.05) is 0 Å². The van der Waals surface area contributed by atoms with Gasteiger partial charge in [0, 0.05) is 16.1 Å². The highest BCUT2D eigenvalue weighted by Crippen LogP contribution is 2.35. The Morgan fingerprint density at radius 3 is 2.67 bits per heavy atom. The average molecular weight is 535 g/mol. The van der Waals surface area contributed by atoms with Gasteiger partial charge in [0.1, 0.15) is 18.9 Å². The molecule has 0 unspecified atom stereocenters. The van der Waals surface area contributed by atoms with E-state index in [-0.39, 0.29) is 23.3 Å². The van der Waals surface area contributed by atoms with Crippen molar-refractivity contribution in [2.45, 2.75) is 26.6 Å². The summed E-state index contributed by atoms with van der Waals surface area (Å²) in [6.07, 6.45) is 1.12. The molecule has 1 aliphatic rings. The van der Waals surface area contributed by atoms with Crippen LogP contribution in [0.1, 0.15) is 25.0 Å². The van der Waals surface area contributed by atoms with Crippen molar-refractivity contribution >= 4 is 56.6 Å². The average Bonchev–Trinajstić information content (AvgIpc) is 3.00.